The number of carbonyl (C=O) groups is 2. The Bertz CT molecular complexity index is 2870. The summed E-state index contributed by atoms with van der Waals surface area (Å²) in [5.41, 5.74) is 16.0. The Labute approximate surface area is 403 Å². The molecule has 19 nitrogen and oxygen atoms in total. The molecule has 0 aliphatic heterocycles. The number of ketones is 2. The first-order valence-electron chi connectivity index (χ1n) is 15.5. The molecule has 0 bridgehead atoms. The van der Waals surface area contributed by atoms with Crippen molar-refractivity contribution in [3.63, 3.8) is 0 Å². The molecule has 0 saturated heterocycles. The maximum Gasteiger partial charge on any atom is 1.00 e. The Morgan fingerprint density at radius 2 is 1.15 bits per heavy atom. The summed E-state index contributed by atoms with van der Waals surface area (Å²) in [6, 6.07) is 17.9. The normalized spacial score (nSPS) is 15.4. The van der Waals surface area contributed by atoms with Crippen LogP contribution in [0.25, 0.3) is 17.2 Å². The van der Waals surface area contributed by atoms with Crippen LogP contribution in [0.15, 0.2) is 138 Å². The van der Waals surface area contributed by atoms with Gasteiger partial charge in [-0.15, -0.1) is 5.11 Å². The van der Waals surface area contributed by atoms with Crippen molar-refractivity contribution in [3.8, 4) is 11.1 Å². The zero-order valence-electron chi connectivity index (χ0n) is 31.0. The molecule has 0 heterocycles. The number of nitrogen functional groups attached to an aromatic ring is 1. The minimum Gasteiger partial charge on any atom is -0.744 e. The van der Waals surface area contributed by atoms with Crippen LogP contribution in [0.5, 0.6) is 0 Å². The number of azo groups is 1. The maximum atomic E-state index is 13.7. The molecule has 2 aliphatic carbocycles. The van der Waals surface area contributed by atoms with Crippen molar-refractivity contribution in [1.82, 2.24) is 0 Å². The number of hydrogen-bond acceptors (Lipinski definition) is 19. The van der Waals surface area contributed by atoms with Crippen molar-refractivity contribution in [1.29, 1.82) is 0 Å². The molecule has 0 spiro atoms. The molecule has 59 heavy (non-hydrogen) atoms. The Hall–Kier alpha value is -3.69. The van der Waals surface area contributed by atoms with E-state index < -0.39 is 79.0 Å². The van der Waals surface area contributed by atoms with Gasteiger partial charge in [0.25, 0.3) is 0 Å². The number of carbonyl (C=O) groups excluding carboxylic acids is 2. The molecule has 0 fully saturated rings. The van der Waals surface area contributed by atoms with E-state index in [9.17, 15) is 48.5 Å². The average Bonchev–Trinajstić information content (AvgIpc) is 3.13. The summed E-state index contributed by atoms with van der Waals surface area (Å²) < 4.78 is 107. The molecule has 0 amide bonds. The van der Waals surface area contributed by atoms with Gasteiger partial charge < -0.3 is 25.1 Å². The van der Waals surface area contributed by atoms with Gasteiger partial charge in [-0.2, -0.15) is 15.3 Å². The van der Waals surface area contributed by atoms with Gasteiger partial charge in [0.05, 0.1) is 43.0 Å². The molecule has 286 valence electrons. The number of nitrogens with zero attached hydrogens (tertiary/aromatic N) is 4. The minimum atomic E-state index is -5.47. The number of rotatable bonds is 10. The van der Waals surface area contributed by atoms with Crippen molar-refractivity contribution in [3.05, 3.63) is 119 Å². The second kappa shape index (κ2) is 19.8. The second-order valence-corrected chi connectivity index (χ2v) is 15.7. The molecule has 6 N–H and O–H groups in total. The molecule has 2 aliphatic rings. The first-order valence-corrected chi connectivity index (χ1v) is 19.7. The van der Waals surface area contributed by atoms with Gasteiger partial charge in [0, 0.05) is 11.8 Å². The number of benzene rings is 4. The summed E-state index contributed by atoms with van der Waals surface area (Å²) in [5.74, 6) is -1.63. The molecule has 4 aromatic rings. The van der Waals surface area contributed by atoms with Crippen LogP contribution in [-0.2, 0) is 35.1 Å². The average molecular weight is 885 g/mol. The van der Waals surface area contributed by atoms with E-state index in [0.29, 0.717) is 23.5 Å². The van der Waals surface area contributed by atoms with Crippen LogP contribution in [0, 0.1) is 0 Å². The van der Waals surface area contributed by atoms with Gasteiger partial charge >= 0.3 is 88.7 Å². The molecule has 0 unspecified atom stereocenters. The third kappa shape index (κ3) is 11.8. The predicted octanol–water partition coefficient (Wildman–Crippen LogP) is -5.53. The zero-order valence-corrected chi connectivity index (χ0v) is 39.4. The quantitative estimate of drug-likeness (QED) is 0.0288. The molecule has 0 saturated carbocycles. The van der Waals surface area contributed by atoms with Crippen LogP contribution in [0.1, 0.15) is 15.9 Å². The Kier molecular flexibility index (Phi) is 16.7. The predicted molar refractivity (Wildman–Crippen MR) is 200 cm³/mol. The van der Waals surface area contributed by atoms with E-state index in [4.69, 9.17) is 11.5 Å². The number of anilines is 3. The Morgan fingerprint density at radius 3 is 1.68 bits per heavy atom. The first-order chi connectivity index (χ1) is 26.3. The number of hydrazone groups is 2. The summed E-state index contributed by atoms with van der Waals surface area (Å²) in [4.78, 5) is 22.8. The van der Waals surface area contributed by atoms with Gasteiger partial charge in [-0.3, -0.25) is 20.4 Å². The molecule has 6 rings (SSSR count). The summed E-state index contributed by atoms with van der Waals surface area (Å²) in [7, 11) is -15.7. The SMILES string of the molecule is NC1=CC(=O)C(=NNc2ccc(-c3ccc(N=Nc4c(S(=O)(=O)[O-])cc5c(c4N)C(=O)C(=NNc4ccc(S(=O)(=O)[O-])cc4)C(S(=O)(=O)[O-])=C5)cc3)cc2)C=C1.[Na+].[Na+].[Na+]. The number of allylic oxidation sites excluding steroid dienone is 4. The molecular formula is C34H23N8Na3O11S3. The molecule has 0 aromatic heterocycles. The standard InChI is InChI=1S/C34H26N8O11S3.3Na/c35-21-5-14-26(27(43)17-21)40-37-22-6-1-18(2-7-22)19-3-8-23(9-4-19)38-41-32-28(55(48,49)50)15-20-16-29(56(51,52)53)33(34(44)30(20)31(32)36)42-39-24-10-12-25(13-11-24)54(45,46)47;;;/h1-17,37,39H,35-36H2,(H,45,46,47)(H,48,49,50)(H,51,52,53);;;/q;3*+1/p-3. The Balaban J connectivity index is 0.00000310. The van der Waals surface area contributed by atoms with Gasteiger partial charge in [-0.05, 0) is 89.5 Å². The fraction of sp³-hybridized carbons (Fsp3) is 0. The zero-order chi connectivity index (χ0) is 40.6. The van der Waals surface area contributed by atoms with E-state index >= 15 is 0 Å². The first kappa shape index (κ1) is 49.7. The topological polar surface area (TPSA) is 331 Å². The van der Waals surface area contributed by atoms with Crippen molar-refractivity contribution >= 4 is 87.9 Å². The van der Waals surface area contributed by atoms with Crippen LogP contribution in [0.3, 0.4) is 0 Å². The summed E-state index contributed by atoms with van der Waals surface area (Å²) in [6.45, 7) is 0. The van der Waals surface area contributed by atoms with Crippen LogP contribution in [0.2, 0.25) is 0 Å². The monoisotopic (exact) mass is 884 g/mol. The van der Waals surface area contributed by atoms with E-state index in [2.05, 4.69) is 31.3 Å². The van der Waals surface area contributed by atoms with Crippen LogP contribution in [-0.4, -0.2) is 61.9 Å². The number of nitrogens with one attached hydrogen (secondary N) is 2. The molecule has 0 radical (unpaired) electrons. The van der Waals surface area contributed by atoms with Crippen molar-refractivity contribution in [2.75, 3.05) is 16.6 Å². The molecular weight excluding hydrogens is 862 g/mol. The molecule has 4 aromatic carbocycles. The van der Waals surface area contributed by atoms with Crippen molar-refractivity contribution < 1.29 is 137 Å². The van der Waals surface area contributed by atoms with Crippen LogP contribution < -0.4 is 111 Å². The van der Waals surface area contributed by atoms with E-state index in [1.54, 1.807) is 42.5 Å². The van der Waals surface area contributed by atoms with Crippen molar-refractivity contribution in [2.45, 2.75) is 9.79 Å². The van der Waals surface area contributed by atoms with E-state index in [1.165, 1.54) is 24.3 Å². The number of hydrogen-bond donors (Lipinski definition) is 4. The largest absolute Gasteiger partial charge is 1.00 e. The Morgan fingerprint density at radius 1 is 0.610 bits per heavy atom. The van der Waals surface area contributed by atoms with E-state index in [-0.39, 0.29) is 112 Å². The fourth-order valence-corrected chi connectivity index (χ4v) is 6.99. The summed E-state index contributed by atoms with van der Waals surface area (Å²) in [6.07, 6.45) is 4.90. The van der Waals surface area contributed by atoms with Gasteiger partial charge in [-0.1, -0.05) is 24.3 Å². The summed E-state index contributed by atoms with van der Waals surface area (Å²) in [5, 5.41) is 15.6. The molecule has 0 atom stereocenters. The van der Waals surface area contributed by atoms with Crippen LogP contribution >= 0.6 is 0 Å². The maximum absolute atomic E-state index is 13.7. The summed E-state index contributed by atoms with van der Waals surface area (Å²) >= 11 is 0. The minimum absolute atomic E-state index is 0. The smallest absolute Gasteiger partial charge is 0.744 e. The van der Waals surface area contributed by atoms with Gasteiger partial charge in [0.2, 0.25) is 11.6 Å². The van der Waals surface area contributed by atoms with Crippen LogP contribution in [0.4, 0.5) is 28.4 Å². The number of fused-ring (bicyclic) bond motifs is 1. The third-order valence-electron chi connectivity index (χ3n) is 7.91. The second-order valence-electron chi connectivity index (χ2n) is 11.7. The number of nitrogens with two attached hydrogens (primary N) is 2. The molecule has 25 heteroatoms. The number of Topliss-reactive ketones (excluding diaryl/α,β-unsaturated/α-hetero) is 1. The van der Waals surface area contributed by atoms with Gasteiger partial charge in [0.1, 0.15) is 47.5 Å². The van der Waals surface area contributed by atoms with Gasteiger partial charge in [-0.25, -0.2) is 25.3 Å². The van der Waals surface area contributed by atoms with E-state index in [0.717, 1.165) is 35.4 Å². The van der Waals surface area contributed by atoms with E-state index in [1.807, 2.05) is 0 Å². The fourth-order valence-electron chi connectivity index (χ4n) is 5.22. The third-order valence-corrected chi connectivity index (χ3v) is 10.5. The van der Waals surface area contributed by atoms with Crippen molar-refractivity contribution in [2.24, 2.45) is 26.2 Å². The van der Waals surface area contributed by atoms with Gasteiger partial charge in [0.15, 0.2) is 0 Å².